The number of aliphatic hydroxyl groups excluding tert-OH is 1. The number of hydrogen-bond acceptors (Lipinski definition) is 2. The van der Waals surface area contributed by atoms with Crippen molar-refractivity contribution in [1.29, 1.82) is 0 Å². The van der Waals surface area contributed by atoms with Crippen molar-refractivity contribution >= 4 is 0 Å². The van der Waals surface area contributed by atoms with Crippen molar-refractivity contribution < 1.29 is 5.11 Å². The third-order valence-corrected chi connectivity index (χ3v) is 3.14. The Morgan fingerprint density at radius 3 is 2.42 bits per heavy atom. The van der Waals surface area contributed by atoms with Crippen LogP contribution >= 0.6 is 0 Å². The van der Waals surface area contributed by atoms with E-state index >= 15 is 0 Å². The molecule has 0 fully saturated rings. The van der Waals surface area contributed by atoms with Gasteiger partial charge in [0.15, 0.2) is 0 Å². The summed E-state index contributed by atoms with van der Waals surface area (Å²) in [5, 5.41) is 13.2. The maximum absolute atomic E-state index is 9.86. The van der Waals surface area contributed by atoms with Gasteiger partial charge < -0.3 is 10.4 Å². The second-order valence-corrected chi connectivity index (χ2v) is 6.57. The molecule has 1 aromatic carbocycles. The lowest BCUT2D eigenvalue weighted by atomic mass is 9.89. The van der Waals surface area contributed by atoms with E-state index < -0.39 is 0 Å². The highest BCUT2D eigenvalue weighted by atomic mass is 16.3. The maximum Gasteiger partial charge on any atom is 0.0669 e. The zero-order chi connectivity index (χ0) is 14.1. The predicted octanol–water partition coefficient (Wildman–Crippen LogP) is 3.40. The molecule has 0 heterocycles. The molecule has 0 bridgehead atoms. The van der Waals surface area contributed by atoms with Gasteiger partial charge in [0.1, 0.15) is 0 Å². The van der Waals surface area contributed by atoms with Crippen molar-refractivity contribution in [2.75, 3.05) is 13.1 Å². The minimum Gasteiger partial charge on any atom is -0.392 e. The van der Waals surface area contributed by atoms with Crippen LogP contribution < -0.4 is 5.32 Å². The van der Waals surface area contributed by atoms with E-state index in [4.69, 9.17) is 0 Å². The monoisotopic (exact) mass is 263 g/mol. The van der Waals surface area contributed by atoms with E-state index in [1.54, 1.807) is 0 Å². The zero-order valence-electron chi connectivity index (χ0n) is 12.7. The Morgan fingerprint density at radius 2 is 1.79 bits per heavy atom. The van der Waals surface area contributed by atoms with Gasteiger partial charge in [-0.25, -0.2) is 0 Å². The van der Waals surface area contributed by atoms with Gasteiger partial charge in [-0.05, 0) is 43.2 Å². The molecule has 2 N–H and O–H groups in total. The number of unbranched alkanes of at least 4 members (excludes halogenated alkanes) is 1. The minimum atomic E-state index is -0.228. The van der Waals surface area contributed by atoms with E-state index in [2.05, 4.69) is 56.4 Å². The molecule has 1 rings (SSSR count). The second kappa shape index (κ2) is 8.34. The first kappa shape index (κ1) is 16.2. The molecule has 0 aliphatic rings. The number of hydrogen-bond donors (Lipinski definition) is 2. The normalized spacial score (nSPS) is 13.5. The molecule has 0 amide bonds. The molecule has 0 aromatic heterocycles. The van der Waals surface area contributed by atoms with E-state index in [1.165, 1.54) is 12.0 Å². The highest BCUT2D eigenvalue weighted by Gasteiger charge is 2.15. The molecule has 19 heavy (non-hydrogen) atoms. The lowest BCUT2D eigenvalue weighted by Crippen LogP contribution is -2.30. The first-order valence-electron chi connectivity index (χ1n) is 7.40. The van der Waals surface area contributed by atoms with E-state index in [9.17, 15) is 5.11 Å². The van der Waals surface area contributed by atoms with Crippen LogP contribution in [-0.4, -0.2) is 24.3 Å². The molecular formula is C17H29NO. The number of nitrogens with one attached hydrogen (secondary N) is 1. The molecule has 1 atom stereocenters. The van der Waals surface area contributed by atoms with Gasteiger partial charge in [-0.3, -0.25) is 0 Å². The average Bonchev–Trinajstić information content (AvgIpc) is 2.32. The van der Waals surface area contributed by atoms with Crippen molar-refractivity contribution in [1.82, 2.24) is 5.32 Å². The Labute approximate surface area is 118 Å². The van der Waals surface area contributed by atoms with Crippen LogP contribution in [0.3, 0.4) is 0 Å². The Bertz CT molecular complexity index is 329. The Hall–Kier alpha value is -0.860. The van der Waals surface area contributed by atoms with Gasteiger partial charge >= 0.3 is 0 Å². The molecule has 2 heteroatoms. The molecule has 0 aliphatic carbocycles. The largest absolute Gasteiger partial charge is 0.392 e. The fourth-order valence-electron chi connectivity index (χ4n) is 2.27. The standard InChI is InChI=1S/C17H29NO/c1-17(2,3)13-16(19)14-18-12-8-7-11-15-9-5-4-6-10-15/h4-6,9-10,16,18-19H,7-8,11-14H2,1-3H3. The van der Waals surface area contributed by atoms with Gasteiger partial charge in [-0.2, -0.15) is 0 Å². The van der Waals surface area contributed by atoms with Crippen LogP contribution in [0.25, 0.3) is 0 Å². The molecular weight excluding hydrogens is 234 g/mol. The van der Waals surface area contributed by atoms with Crippen LogP contribution in [0.1, 0.15) is 45.6 Å². The van der Waals surface area contributed by atoms with E-state index in [0.717, 1.165) is 25.8 Å². The zero-order valence-corrected chi connectivity index (χ0v) is 12.7. The quantitative estimate of drug-likeness (QED) is 0.705. The number of benzene rings is 1. The molecule has 0 saturated heterocycles. The molecule has 1 aromatic rings. The summed E-state index contributed by atoms with van der Waals surface area (Å²) in [7, 11) is 0. The molecule has 108 valence electrons. The third-order valence-electron chi connectivity index (χ3n) is 3.14. The van der Waals surface area contributed by atoms with Crippen LogP contribution in [0.5, 0.6) is 0 Å². The smallest absolute Gasteiger partial charge is 0.0669 e. The van der Waals surface area contributed by atoms with Crippen molar-refractivity contribution in [3.8, 4) is 0 Å². The second-order valence-electron chi connectivity index (χ2n) is 6.57. The summed E-state index contributed by atoms with van der Waals surface area (Å²) in [6.45, 7) is 8.19. The SMILES string of the molecule is CC(C)(C)CC(O)CNCCCCc1ccccc1. The van der Waals surface area contributed by atoms with Gasteiger partial charge in [-0.15, -0.1) is 0 Å². The first-order valence-corrected chi connectivity index (χ1v) is 7.40. The number of aryl methyl sites for hydroxylation is 1. The van der Waals surface area contributed by atoms with Gasteiger partial charge in [0, 0.05) is 6.54 Å². The Kier molecular flexibility index (Phi) is 7.11. The topological polar surface area (TPSA) is 32.3 Å². The molecule has 0 radical (unpaired) electrons. The summed E-state index contributed by atoms with van der Waals surface area (Å²) in [6, 6.07) is 10.6. The summed E-state index contributed by atoms with van der Waals surface area (Å²) >= 11 is 0. The van der Waals surface area contributed by atoms with Crippen molar-refractivity contribution in [2.45, 2.75) is 52.6 Å². The predicted molar refractivity (Wildman–Crippen MR) is 82.3 cm³/mol. The molecule has 2 nitrogen and oxygen atoms in total. The van der Waals surface area contributed by atoms with Crippen LogP contribution in [0.15, 0.2) is 30.3 Å². The third kappa shape index (κ3) is 8.79. The van der Waals surface area contributed by atoms with E-state index in [0.29, 0.717) is 6.54 Å². The lowest BCUT2D eigenvalue weighted by molar-refractivity contribution is 0.120. The van der Waals surface area contributed by atoms with Gasteiger partial charge in [0.2, 0.25) is 0 Å². The highest BCUT2D eigenvalue weighted by Crippen LogP contribution is 2.20. The summed E-state index contributed by atoms with van der Waals surface area (Å²) in [5.41, 5.74) is 1.62. The fourth-order valence-corrected chi connectivity index (χ4v) is 2.27. The molecule has 0 aliphatic heterocycles. The van der Waals surface area contributed by atoms with Gasteiger partial charge in [-0.1, -0.05) is 51.1 Å². The lowest BCUT2D eigenvalue weighted by Gasteiger charge is -2.22. The average molecular weight is 263 g/mol. The van der Waals surface area contributed by atoms with Crippen LogP contribution in [0.4, 0.5) is 0 Å². The molecule has 1 unspecified atom stereocenters. The number of rotatable bonds is 8. The fraction of sp³-hybridized carbons (Fsp3) is 0.647. The van der Waals surface area contributed by atoms with Gasteiger partial charge in [0.25, 0.3) is 0 Å². The first-order chi connectivity index (χ1) is 8.97. The summed E-state index contributed by atoms with van der Waals surface area (Å²) < 4.78 is 0. The molecule has 0 saturated carbocycles. The van der Waals surface area contributed by atoms with E-state index in [-0.39, 0.29) is 11.5 Å². The summed E-state index contributed by atoms with van der Waals surface area (Å²) in [4.78, 5) is 0. The molecule has 0 spiro atoms. The Balaban J connectivity index is 2.00. The highest BCUT2D eigenvalue weighted by molar-refractivity contribution is 5.14. The van der Waals surface area contributed by atoms with Crippen molar-refractivity contribution in [3.05, 3.63) is 35.9 Å². The van der Waals surface area contributed by atoms with Crippen molar-refractivity contribution in [3.63, 3.8) is 0 Å². The minimum absolute atomic E-state index is 0.203. The number of aliphatic hydroxyl groups is 1. The summed E-state index contributed by atoms with van der Waals surface area (Å²) in [5.74, 6) is 0. The van der Waals surface area contributed by atoms with E-state index in [1.807, 2.05) is 0 Å². The van der Waals surface area contributed by atoms with Crippen LogP contribution in [0.2, 0.25) is 0 Å². The van der Waals surface area contributed by atoms with Crippen LogP contribution in [-0.2, 0) is 6.42 Å². The Morgan fingerprint density at radius 1 is 1.11 bits per heavy atom. The van der Waals surface area contributed by atoms with Gasteiger partial charge in [0.05, 0.1) is 6.10 Å². The maximum atomic E-state index is 9.86. The summed E-state index contributed by atoms with van der Waals surface area (Å²) in [6.07, 6.45) is 4.13. The van der Waals surface area contributed by atoms with Crippen LogP contribution in [0, 0.1) is 5.41 Å². The van der Waals surface area contributed by atoms with Crippen molar-refractivity contribution in [2.24, 2.45) is 5.41 Å².